The molecule has 6 aromatic rings. The van der Waals surface area contributed by atoms with Crippen molar-refractivity contribution in [3.8, 4) is 22.3 Å². The molecule has 410 valence electrons. The van der Waals surface area contributed by atoms with Crippen LogP contribution in [0.1, 0.15) is 36.7 Å². The number of amides is 1. The lowest BCUT2D eigenvalue weighted by Gasteiger charge is -2.37. The molecule has 5 aromatic carbocycles. The molecule has 2 aliphatic heterocycles. The van der Waals surface area contributed by atoms with Crippen molar-refractivity contribution in [1.82, 2.24) is 24.6 Å². The van der Waals surface area contributed by atoms with Crippen molar-refractivity contribution in [2.24, 2.45) is 5.92 Å². The normalized spacial score (nSPS) is 15.4. The van der Waals surface area contributed by atoms with Crippen molar-refractivity contribution in [3.05, 3.63) is 148 Å². The quantitative estimate of drug-likeness (QED) is 0.0185. The van der Waals surface area contributed by atoms with Crippen LogP contribution in [-0.4, -0.2) is 155 Å². The number of hydrogen-bond acceptors (Lipinski definition) is 13. The second-order valence-corrected chi connectivity index (χ2v) is 23.7. The molecule has 0 saturated carbocycles. The van der Waals surface area contributed by atoms with Crippen molar-refractivity contribution in [1.29, 1.82) is 0 Å². The van der Waals surface area contributed by atoms with Crippen LogP contribution in [0.4, 0.5) is 28.4 Å². The molecule has 8 rings (SSSR count). The lowest BCUT2D eigenvalue weighted by molar-refractivity contribution is -0.384. The number of nitrogens with zero attached hydrogens (tertiary/aromatic N) is 7. The van der Waals surface area contributed by atoms with Crippen LogP contribution in [0.5, 0.6) is 0 Å². The van der Waals surface area contributed by atoms with E-state index >= 15 is 0 Å². The van der Waals surface area contributed by atoms with Crippen molar-refractivity contribution >= 4 is 67.7 Å². The number of carbonyl (C=O) groups is 1. The summed E-state index contributed by atoms with van der Waals surface area (Å²) in [6, 6.07) is 37.1. The van der Waals surface area contributed by atoms with Crippen LogP contribution < -0.4 is 25.2 Å². The van der Waals surface area contributed by atoms with Crippen molar-refractivity contribution in [2.75, 3.05) is 125 Å². The van der Waals surface area contributed by atoms with Gasteiger partial charge in [-0.3, -0.25) is 19.6 Å². The first kappa shape index (κ1) is 57.1. The fraction of sp³-hybridized carbons (Fsp3) is 0.397. The Morgan fingerprint density at radius 2 is 1.52 bits per heavy atom. The number of carbonyl (C=O) groups excluding carboxylic acids is 1. The molecule has 2 fully saturated rings. The van der Waals surface area contributed by atoms with Crippen LogP contribution in [0.25, 0.3) is 22.3 Å². The van der Waals surface area contributed by atoms with Crippen molar-refractivity contribution in [2.45, 2.75) is 48.6 Å². The standard InChI is InChI=1S/C58H73ClN10O6S2/c1-43(41-70)24-29-68-40-53(44-14-16-46(59)17-15-44)56(57(68)58(71)60-26-9-27-65-32-30-64(4)31-33-65)45-10-8-11-50(38-45)67-36-34-66(35-37-67)49-20-18-47(19-21-49)62-77(74,75)52-22-23-54(55(39-52)69(72)73)61-48(25-28-63(2)3)42-76-51-12-6-5-7-13-51/h5-8,10-23,38-40,43,48,61-62,70H,9,24-37,41-42H2,1-4H3,(H,60,71)/t43-,48+/m0/s1. The smallest absolute Gasteiger partial charge is 0.293 e. The van der Waals surface area contributed by atoms with Gasteiger partial charge < -0.3 is 44.8 Å². The largest absolute Gasteiger partial charge is 0.396 e. The number of thioether (sulfide) groups is 1. The third kappa shape index (κ3) is 15.6. The summed E-state index contributed by atoms with van der Waals surface area (Å²) in [6.07, 6.45) is 4.34. The van der Waals surface area contributed by atoms with Crippen LogP contribution in [-0.2, 0) is 16.6 Å². The van der Waals surface area contributed by atoms with E-state index < -0.39 is 14.9 Å². The van der Waals surface area contributed by atoms with Gasteiger partial charge in [-0.25, -0.2) is 8.42 Å². The molecule has 19 heteroatoms. The Morgan fingerprint density at radius 3 is 2.19 bits per heavy atom. The molecule has 0 unspecified atom stereocenters. The van der Waals surface area contributed by atoms with Gasteiger partial charge in [0.1, 0.15) is 11.4 Å². The number of likely N-dealkylation sites (N-methyl/N-ethyl adjacent to an activating group) is 1. The number of nitro groups is 1. The third-order valence-corrected chi connectivity index (χ3v) is 17.2. The first-order valence-electron chi connectivity index (χ1n) is 26.5. The molecule has 2 atom stereocenters. The van der Waals surface area contributed by atoms with Gasteiger partial charge in [-0.05, 0) is 143 Å². The molecule has 0 bridgehead atoms. The molecule has 2 saturated heterocycles. The lowest BCUT2D eigenvalue weighted by Crippen LogP contribution is -2.46. The van der Waals surface area contributed by atoms with Gasteiger partial charge in [-0.15, -0.1) is 11.8 Å². The van der Waals surface area contributed by atoms with E-state index in [1.807, 2.05) is 93.8 Å². The Bertz CT molecular complexity index is 3000. The SMILES string of the molecule is C[C@H](CO)CCn1cc(-c2ccc(Cl)cc2)c(-c2cccc(N3CCN(c4ccc(NS(=O)(=O)c5ccc(N[C@H](CCN(C)C)CSc6ccccc6)c([N+](=O)[O-])c5)cc4)CC3)c2)c1C(=O)NCCCN1CCN(C)CC1. The molecule has 1 aromatic heterocycles. The minimum atomic E-state index is -4.18. The second-order valence-electron chi connectivity index (χ2n) is 20.5. The number of aliphatic hydroxyl groups excluding tert-OH is 1. The predicted octanol–water partition coefficient (Wildman–Crippen LogP) is 9.42. The number of nitro benzene ring substituents is 1. The topological polar surface area (TPSA) is 172 Å². The van der Waals surface area contributed by atoms with Crippen LogP contribution >= 0.6 is 23.4 Å². The molecule has 77 heavy (non-hydrogen) atoms. The number of anilines is 4. The van der Waals surface area contributed by atoms with E-state index in [0.717, 1.165) is 96.7 Å². The van der Waals surface area contributed by atoms with E-state index in [0.29, 0.717) is 67.8 Å². The first-order chi connectivity index (χ1) is 37.1. The Kier molecular flexibility index (Phi) is 20.0. The van der Waals surface area contributed by atoms with E-state index in [2.05, 4.69) is 75.9 Å². The summed E-state index contributed by atoms with van der Waals surface area (Å²) < 4.78 is 32.2. The summed E-state index contributed by atoms with van der Waals surface area (Å²) in [5.41, 5.74) is 6.48. The highest BCUT2D eigenvalue weighted by molar-refractivity contribution is 7.99. The third-order valence-electron chi connectivity index (χ3n) is 14.4. The zero-order valence-corrected chi connectivity index (χ0v) is 47.0. The number of aliphatic hydroxyl groups is 1. The molecular formula is C58H73ClN10O6S2. The highest BCUT2D eigenvalue weighted by Crippen LogP contribution is 2.40. The molecule has 1 amide bonds. The minimum absolute atomic E-state index is 0.0599. The Labute approximate surface area is 463 Å². The van der Waals surface area contributed by atoms with Gasteiger partial charge in [0.05, 0.1) is 9.82 Å². The number of piperazine rings is 2. The molecule has 3 heterocycles. The Hall–Kier alpha value is -6.12. The maximum Gasteiger partial charge on any atom is 0.293 e. The number of hydrogen-bond donors (Lipinski definition) is 4. The number of benzene rings is 5. The summed E-state index contributed by atoms with van der Waals surface area (Å²) in [7, 11) is 1.93. The highest BCUT2D eigenvalue weighted by Gasteiger charge is 2.28. The zero-order valence-electron chi connectivity index (χ0n) is 44.6. The summed E-state index contributed by atoms with van der Waals surface area (Å²) in [5.74, 6) is 0.589. The number of aromatic nitrogens is 1. The predicted molar refractivity (Wildman–Crippen MR) is 315 cm³/mol. The van der Waals surface area contributed by atoms with Gasteiger partial charge in [-0.2, -0.15) is 0 Å². The average molecular weight is 1110 g/mol. The van der Waals surface area contributed by atoms with Gasteiger partial charge in [-0.1, -0.05) is 61.0 Å². The lowest BCUT2D eigenvalue weighted by atomic mass is 9.95. The van der Waals surface area contributed by atoms with Crippen molar-refractivity contribution < 1.29 is 23.2 Å². The Balaban J connectivity index is 0.943. The molecular weight excluding hydrogens is 1030 g/mol. The van der Waals surface area contributed by atoms with E-state index in [1.54, 1.807) is 23.9 Å². The zero-order chi connectivity index (χ0) is 54.5. The van der Waals surface area contributed by atoms with Crippen LogP contribution in [0, 0.1) is 16.0 Å². The molecule has 4 N–H and O–H groups in total. The number of halogens is 1. The van der Waals surface area contributed by atoms with E-state index in [4.69, 9.17) is 11.6 Å². The number of rotatable bonds is 25. The van der Waals surface area contributed by atoms with E-state index in [1.165, 1.54) is 12.1 Å². The number of sulfonamides is 1. The maximum absolute atomic E-state index is 14.5. The molecule has 16 nitrogen and oxygen atoms in total. The highest BCUT2D eigenvalue weighted by atomic mass is 35.5. The summed E-state index contributed by atoms with van der Waals surface area (Å²) in [5, 5.41) is 29.6. The fourth-order valence-corrected chi connectivity index (χ4v) is 12.0. The molecule has 0 radical (unpaired) electrons. The summed E-state index contributed by atoms with van der Waals surface area (Å²) in [4.78, 5) is 38.7. The van der Waals surface area contributed by atoms with Gasteiger partial charge in [0.15, 0.2) is 0 Å². The van der Waals surface area contributed by atoms with Crippen LogP contribution in [0.15, 0.2) is 137 Å². The van der Waals surface area contributed by atoms with E-state index in [9.17, 15) is 28.4 Å². The Morgan fingerprint density at radius 1 is 0.818 bits per heavy atom. The van der Waals surface area contributed by atoms with Gasteiger partial charge >= 0.3 is 0 Å². The second kappa shape index (κ2) is 27.0. The first-order valence-corrected chi connectivity index (χ1v) is 29.4. The monoisotopic (exact) mass is 1100 g/mol. The average Bonchev–Trinajstić information content (AvgIpc) is 3.88. The van der Waals surface area contributed by atoms with Crippen LogP contribution in [0.2, 0.25) is 5.02 Å². The minimum Gasteiger partial charge on any atom is -0.396 e. The van der Waals surface area contributed by atoms with Gasteiger partial charge in [0, 0.05) is 134 Å². The number of nitrogens with one attached hydrogen (secondary N) is 3. The van der Waals surface area contributed by atoms with Crippen LogP contribution in [0.3, 0.4) is 0 Å². The molecule has 0 aliphatic carbocycles. The van der Waals surface area contributed by atoms with Crippen molar-refractivity contribution in [3.63, 3.8) is 0 Å². The fourth-order valence-electron chi connectivity index (χ4n) is 9.76. The summed E-state index contributed by atoms with van der Waals surface area (Å²) >= 11 is 8.05. The molecule has 2 aliphatic rings. The number of aryl methyl sites for hydroxylation is 1. The van der Waals surface area contributed by atoms with E-state index in [-0.39, 0.29) is 40.7 Å². The van der Waals surface area contributed by atoms with Gasteiger partial charge in [0.2, 0.25) is 0 Å². The maximum atomic E-state index is 14.5. The molecule has 0 spiro atoms. The van der Waals surface area contributed by atoms with Gasteiger partial charge in [0.25, 0.3) is 21.6 Å². The summed E-state index contributed by atoms with van der Waals surface area (Å²) in [6.45, 7) is 11.9.